The fraction of sp³-hybridized carbons (Fsp3) is 0.533. The van der Waals surface area contributed by atoms with Crippen molar-refractivity contribution in [1.29, 1.82) is 0 Å². The van der Waals surface area contributed by atoms with Crippen LogP contribution in [0.15, 0.2) is 18.2 Å². The number of carbonyl (C=O) groups excluding carboxylic acids is 1. The predicted molar refractivity (Wildman–Crippen MR) is 76.7 cm³/mol. The van der Waals surface area contributed by atoms with Gasteiger partial charge in [0.05, 0.1) is 18.1 Å². The van der Waals surface area contributed by atoms with Gasteiger partial charge in [0.15, 0.2) is 17.3 Å². The first-order chi connectivity index (χ1) is 10.1. The number of hydrogen-bond donors (Lipinski definition) is 0. The Morgan fingerprint density at radius 2 is 2.00 bits per heavy atom. The minimum Gasteiger partial charge on any atom is -0.493 e. The van der Waals surface area contributed by atoms with Crippen LogP contribution >= 0.6 is 0 Å². The Morgan fingerprint density at radius 3 is 2.62 bits per heavy atom. The van der Waals surface area contributed by atoms with E-state index in [1.165, 1.54) is 31.7 Å². The quantitative estimate of drug-likeness (QED) is 0.594. The van der Waals surface area contributed by atoms with Crippen LogP contribution in [0.25, 0.3) is 0 Å². The van der Waals surface area contributed by atoms with E-state index in [1.807, 2.05) is 0 Å². The highest BCUT2D eigenvalue weighted by Crippen LogP contribution is 2.31. The van der Waals surface area contributed by atoms with Crippen LogP contribution in [0.2, 0.25) is 0 Å². The fourth-order valence-corrected chi connectivity index (χ4v) is 2.58. The highest BCUT2D eigenvalue weighted by Gasteiger charge is 2.22. The van der Waals surface area contributed by atoms with Crippen molar-refractivity contribution in [2.24, 2.45) is 5.92 Å². The van der Waals surface area contributed by atoms with Crippen molar-refractivity contribution in [2.75, 3.05) is 13.7 Å². The molecule has 1 saturated carbocycles. The molecule has 0 radical (unpaired) electrons. The van der Waals surface area contributed by atoms with Gasteiger partial charge in [0, 0.05) is 12.0 Å². The zero-order valence-corrected chi connectivity index (χ0v) is 12.0. The zero-order chi connectivity index (χ0) is 15.2. The number of rotatable bonds is 6. The van der Waals surface area contributed by atoms with Gasteiger partial charge in [-0.3, -0.25) is 14.9 Å². The molecule has 1 aliphatic rings. The van der Waals surface area contributed by atoms with Gasteiger partial charge in [-0.05, 0) is 18.9 Å². The summed E-state index contributed by atoms with van der Waals surface area (Å²) in [7, 11) is 1.46. The smallest absolute Gasteiger partial charge is 0.273 e. The number of nitrogens with zero attached hydrogens (tertiary/aromatic N) is 1. The van der Waals surface area contributed by atoms with Crippen LogP contribution in [0.1, 0.15) is 32.1 Å². The normalized spacial score (nSPS) is 15.5. The number of nitro benzene ring substituents is 1. The molecule has 0 heterocycles. The van der Waals surface area contributed by atoms with Gasteiger partial charge in [0.2, 0.25) is 0 Å². The Hall–Kier alpha value is -2.11. The average Bonchev–Trinajstić information content (AvgIpc) is 2.53. The van der Waals surface area contributed by atoms with Crippen molar-refractivity contribution in [3.8, 4) is 11.5 Å². The third kappa shape index (κ3) is 3.93. The number of Topliss-reactive ketones (excluding diaryl/α,β-unsaturated/α-hetero) is 1. The van der Waals surface area contributed by atoms with Crippen molar-refractivity contribution in [2.45, 2.75) is 32.1 Å². The van der Waals surface area contributed by atoms with Gasteiger partial charge in [-0.25, -0.2) is 0 Å². The van der Waals surface area contributed by atoms with Crippen molar-refractivity contribution in [3.05, 3.63) is 28.3 Å². The van der Waals surface area contributed by atoms with E-state index in [1.54, 1.807) is 0 Å². The highest BCUT2D eigenvalue weighted by molar-refractivity contribution is 5.82. The summed E-state index contributed by atoms with van der Waals surface area (Å²) in [5.74, 6) is 0.736. The lowest BCUT2D eigenvalue weighted by Gasteiger charge is -2.20. The lowest BCUT2D eigenvalue weighted by atomic mass is 9.86. The van der Waals surface area contributed by atoms with E-state index in [4.69, 9.17) is 9.47 Å². The molecule has 0 N–H and O–H groups in total. The fourth-order valence-electron chi connectivity index (χ4n) is 2.58. The maximum Gasteiger partial charge on any atom is 0.273 e. The molecule has 0 amide bonds. The minimum atomic E-state index is -0.505. The van der Waals surface area contributed by atoms with Crippen molar-refractivity contribution < 1.29 is 19.2 Å². The molecule has 1 fully saturated rings. The molecule has 6 heteroatoms. The zero-order valence-electron chi connectivity index (χ0n) is 12.0. The molecular weight excluding hydrogens is 274 g/mol. The third-order valence-electron chi connectivity index (χ3n) is 3.79. The SMILES string of the molecule is COc1ccc([N+](=O)[O-])cc1OCC(=O)C1CCCCC1. The lowest BCUT2D eigenvalue weighted by Crippen LogP contribution is -2.23. The van der Waals surface area contributed by atoms with E-state index < -0.39 is 4.92 Å². The molecule has 1 aliphatic carbocycles. The Labute approximate surface area is 123 Å². The highest BCUT2D eigenvalue weighted by atomic mass is 16.6. The van der Waals surface area contributed by atoms with Gasteiger partial charge < -0.3 is 9.47 Å². The van der Waals surface area contributed by atoms with Crippen LogP contribution < -0.4 is 9.47 Å². The molecule has 2 rings (SSSR count). The maximum atomic E-state index is 12.1. The first kappa shape index (κ1) is 15.3. The number of methoxy groups -OCH3 is 1. The molecule has 0 saturated heterocycles. The van der Waals surface area contributed by atoms with E-state index in [0.717, 1.165) is 25.7 Å². The number of ketones is 1. The second-order valence-corrected chi connectivity index (χ2v) is 5.18. The Balaban J connectivity index is 2.02. The van der Waals surface area contributed by atoms with Gasteiger partial charge in [-0.1, -0.05) is 19.3 Å². The van der Waals surface area contributed by atoms with E-state index in [9.17, 15) is 14.9 Å². The van der Waals surface area contributed by atoms with Crippen LogP contribution in [0.5, 0.6) is 11.5 Å². The average molecular weight is 293 g/mol. The molecular formula is C15H19NO5. The number of ether oxygens (including phenoxy) is 2. The van der Waals surface area contributed by atoms with Crippen LogP contribution in [0.3, 0.4) is 0 Å². The number of carbonyl (C=O) groups is 1. The molecule has 0 unspecified atom stereocenters. The molecule has 0 aromatic heterocycles. The topological polar surface area (TPSA) is 78.7 Å². The summed E-state index contributed by atoms with van der Waals surface area (Å²) >= 11 is 0. The lowest BCUT2D eigenvalue weighted by molar-refractivity contribution is -0.385. The van der Waals surface area contributed by atoms with Gasteiger partial charge >= 0.3 is 0 Å². The van der Waals surface area contributed by atoms with Crippen molar-refractivity contribution in [1.82, 2.24) is 0 Å². The number of non-ortho nitro benzene ring substituents is 1. The van der Waals surface area contributed by atoms with Gasteiger partial charge in [0.1, 0.15) is 6.61 Å². The molecule has 1 aromatic carbocycles. The number of hydrogen-bond acceptors (Lipinski definition) is 5. The summed E-state index contributed by atoms with van der Waals surface area (Å²) in [6.45, 7) is -0.0673. The molecule has 0 aliphatic heterocycles. The van der Waals surface area contributed by atoms with Crippen LogP contribution in [0.4, 0.5) is 5.69 Å². The monoisotopic (exact) mass is 293 g/mol. The number of benzene rings is 1. The predicted octanol–water partition coefficient (Wildman–Crippen LogP) is 3.13. The summed E-state index contributed by atoms with van der Waals surface area (Å²) in [6, 6.07) is 4.10. The largest absolute Gasteiger partial charge is 0.493 e. The molecule has 0 bridgehead atoms. The molecule has 21 heavy (non-hydrogen) atoms. The first-order valence-electron chi connectivity index (χ1n) is 7.09. The second kappa shape index (κ2) is 7.06. The van der Waals surface area contributed by atoms with E-state index in [0.29, 0.717) is 5.75 Å². The number of nitro groups is 1. The van der Waals surface area contributed by atoms with Crippen LogP contribution in [-0.2, 0) is 4.79 Å². The molecule has 114 valence electrons. The van der Waals surface area contributed by atoms with E-state index in [2.05, 4.69) is 0 Å². The standard InChI is InChI=1S/C15H19NO5/c1-20-14-8-7-12(16(18)19)9-15(14)21-10-13(17)11-5-3-2-4-6-11/h7-9,11H,2-6,10H2,1H3. The van der Waals surface area contributed by atoms with Crippen LogP contribution in [-0.4, -0.2) is 24.4 Å². The minimum absolute atomic E-state index is 0.0586. The van der Waals surface area contributed by atoms with Gasteiger partial charge in [0.25, 0.3) is 5.69 Å². The van der Waals surface area contributed by atoms with E-state index in [-0.39, 0.29) is 29.7 Å². The Kier molecular flexibility index (Phi) is 5.14. The molecule has 0 atom stereocenters. The van der Waals surface area contributed by atoms with Crippen molar-refractivity contribution >= 4 is 11.5 Å². The van der Waals surface area contributed by atoms with Crippen molar-refractivity contribution in [3.63, 3.8) is 0 Å². The molecule has 1 aromatic rings. The summed E-state index contributed by atoms with van der Waals surface area (Å²) in [6.07, 6.45) is 5.17. The summed E-state index contributed by atoms with van der Waals surface area (Å²) < 4.78 is 10.6. The van der Waals surface area contributed by atoms with Gasteiger partial charge in [-0.15, -0.1) is 0 Å². The van der Waals surface area contributed by atoms with Crippen LogP contribution in [0, 0.1) is 16.0 Å². The Bertz CT molecular complexity index is 523. The molecule has 0 spiro atoms. The van der Waals surface area contributed by atoms with Gasteiger partial charge in [-0.2, -0.15) is 0 Å². The molecule has 6 nitrogen and oxygen atoms in total. The summed E-state index contributed by atoms with van der Waals surface area (Å²) in [4.78, 5) is 22.4. The maximum absolute atomic E-state index is 12.1. The summed E-state index contributed by atoms with van der Waals surface area (Å²) in [5.41, 5.74) is -0.0871. The summed E-state index contributed by atoms with van der Waals surface area (Å²) in [5, 5.41) is 10.8. The van der Waals surface area contributed by atoms with E-state index >= 15 is 0 Å². The second-order valence-electron chi connectivity index (χ2n) is 5.18. The first-order valence-corrected chi connectivity index (χ1v) is 7.09. The third-order valence-corrected chi connectivity index (χ3v) is 3.79. The Morgan fingerprint density at radius 1 is 1.29 bits per heavy atom.